The van der Waals surface area contributed by atoms with E-state index in [1.54, 1.807) is 18.4 Å². The van der Waals surface area contributed by atoms with Crippen molar-refractivity contribution in [3.05, 3.63) is 75.4 Å². The Labute approximate surface area is 184 Å². The quantitative estimate of drug-likeness (QED) is 0.588. The summed E-state index contributed by atoms with van der Waals surface area (Å²) >= 11 is 0. The van der Waals surface area contributed by atoms with Crippen molar-refractivity contribution >= 4 is 5.78 Å². The highest BCUT2D eigenvalue weighted by atomic mass is 19.1. The summed E-state index contributed by atoms with van der Waals surface area (Å²) in [6.07, 6.45) is 1.96. The number of aryl methyl sites for hydroxylation is 2. The second-order valence-electron chi connectivity index (χ2n) is 8.50. The van der Waals surface area contributed by atoms with Crippen LogP contribution in [0.3, 0.4) is 0 Å². The van der Waals surface area contributed by atoms with Crippen molar-refractivity contribution in [2.75, 3.05) is 6.54 Å². The lowest BCUT2D eigenvalue weighted by atomic mass is 9.97. The van der Waals surface area contributed by atoms with Crippen molar-refractivity contribution in [1.82, 2.24) is 19.4 Å². The number of ketones is 1. The van der Waals surface area contributed by atoms with Gasteiger partial charge in [-0.05, 0) is 44.9 Å². The molecule has 0 radical (unpaired) electrons. The maximum absolute atomic E-state index is 13.1. The molecule has 0 amide bonds. The first kappa shape index (κ1) is 21.9. The number of halogens is 1. The molecule has 0 aliphatic carbocycles. The van der Waals surface area contributed by atoms with Gasteiger partial charge >= 0.3 is 0 Å². The smallest absolute Gasteiger partial charge is 0.296 e. The number of hydrogen-bond donors (Lipinski definition) is 1. The summed E-state index contributed by atoms with van der Waals surface area (Å²) < 4.78 is 20.0. The van der Waals surface area contributed by atoms with E-state index in [9.17, 15) is 19.1 Å². The number of hydrogen-bond acceptors (Lipinski definition) is 7. The van der Waals surface area contributed by atoms with Gasteiger partial charge in [-0.2, -0.15) is 0 Å². The molecule has 4 rings (SSSR count). The van der Waals surface area contributed by atoms with E-state index >= 15 is 0 Å². The molecule has 8 nitrogen and oxygen atoms in total. The number of carbonyl (C=O) groups is 1. The first-order chi connectivity index (χ1) is 15.2. The van der Waals surface area contributed by atoms with Gasteiger partial charge in [-0.15, -0.1) is 0 Å². The minimum absolute atomic E-state index is 0.0365. The number of nitrogens with zero attached hydrogens (tertiary/aromatic N) is 4. The predicted molar refractivity (Wildman–Crippen MR) is 114 cm³/mol. The van der Waals surface area contributed by atoms with Gasteiger partial charge in [0.25, 0.3) is 5.56 Å². The predicted octanol–water partition coefficient (Wildman–Crippen LogP) is 2.95. The minimum atomic E-state index is -0.709. The van der Waals surface area contributed by atoms with Crippen LogP contribution in [0.1, 0.15) is 53.7 Å². The number of Topliss-reactive ketones (excluding diaryl/α,β-unsaturated/α-hetero) is 1. The molecule has 3 heterocycles. The number of benzene rings is 1. The average Bonchev–Trinajstić information content (AvgIpc) is 3.16. The van der Waals surface area contributed by atoms with Crippen LogP contribution in [-0.4, -0.2) is 36.9 Å². The zero-order valence-corrected chi connectivity index (χ0v) is 18.3. The lowest BCUT2D eigenvalue weighted by molar-refractivity contribution is 0.0566. The summed E-state index contributed by atoms with van der Waals surface area (Å²) in [4.78, 5) is 36.6. The van der Waals surface area contributed by atoms with Crippen molar-refractivity contribution in [3.63, 3.8) is 0 Å². The van der Waals surface area contributed by atoms with E-state index in [1.807, 2.05) is 20.8 Å². The van der Waals surface area contributed by atoms with Crippen LogP contribution in [0.4, 0.5) is 4.39 Å². The Bertz CT molecular complexity index is 1210. The maximum atomic E-state index is 13.1. The van der Waals surface area contributed by atoms with Crippen molar-refractivity contribution in [1.29, 1.82) is 0 Å². The van der Waals surface area contributed by atoms with E-state index in [2.05, 4.69) is 14.9 Å². The SMILES string of the molecule is Cc1coc(CN2CCn3c(nc(C(=O)CCc4ccc(F)cc4)c(O)c3=O)C2(C)C)n1. The zero-order chi connectivity index (χ0) is 23.0. The van der Waals surface area contributed by atoms with E-state index in [0.717, 1.165) is 11.3 Å². The van der Waals surface area contributed by atoms with Crippen LogP contribution in [0.5, 0.6) is 5.75 Å². The Morgan fingerprint density at radius 2 is 1.94 bits per heavy atom. The topological polar surface area (TPSA) is 101 Å². The summed E-state index contributed by atoms with van der Waals surface area (Å²) in [5.74, 6) is -0.469. The van der Waals surface area contributed by atoms with Crippen LogP contribution in [0.25, 0.3) is 0 Å². The molecule has 1 aromatic carbocycles. The number of oxazole rings is 1. The summed E-state index contributed by atoms with van der Waals surface area (Å²) in [5, 5.41) is 10.4. The van der Waals surface area contributed by atoms with Gasteiger partial charge in [0.05, 0.1) is 17.8 Å². The summed E-state index contributed by atoms with van der Waals surface area (Å²) in [5.41, 5.74) is -0.00491. The van der Waals surface area contributed by atoms with E-state index in [4.69, 9.17) is 4.42 Å². The van der Waals surface area contributed by atoms with E-state index < -0.39 is 22.6 Å². The third kappa shape index (κ3) is 4.08. The minimum Gasteiger partial charge on any atom is -0.501 e. The Kier molecular flexibility index (Phi) is 5.68. The van der Waals surface area contributed by atoms with Gasteiger partial charge < -0.3 is 9.52 Å². The van der Waals surface area contributed by atoms with Crippen molar-refractivity contribution in [2.45, 2.75) is 52.2 Å². The number of carbonyl (C=O) groups excluding carboxylic acids is 1. The first-order valence-corrected chi connectivity index (χ1v) is 10.4. The normalized spacial score (nSPS) is 15.5. The average molecular weight is 440 g/mol. The Morgan fingerprint density at radius 3 is 2.59 bits per heavy atom. The van der Waals surface area contributed by atoms with Crippen molar-refractivity contribution < 1.29 is 18.7 Å². The molecule has 168 valence electrons. The van der Waals surface area contributed by atoms with Gasteiger partial charge in [0.2, 0.25) is 11.6 Å². The van der Waals surface area contributed by atoms with Gasteiger partial charge in [0.1, 0.15) is 17.9 Å². The molecule has 3 aromatic rings. The highest BCUT2D eigenvalue weighted by molar-refractivity contribution is 5.96. The molecule has 32 heavy (non-hydrogen) atoms. The van der Waals surface area contributed by atoms with E-state index in [-0.39, 0.29) is 17.9 Å². The lowest BCUT2D eigenvalue weighted by Gasteiger charge is -2.42. The molecule has 0 spiro atoms. The van der Waals surface area contributed by atoms with Gasteiger partial charge in [0.15, 0.2) is 11.5 Å². The van der Waals surface area contributed by atoms with Crippen LogP contribution in [0, 0.1) is 12.7 Å². The molecule has 9 heteroatoms. The molecular formula is C23H25FN4O4. The summed E-state index contributed by atoms with van der Waals surface area (Å²) in [6, 6.07) is 5.85. The van der Waals surface area contributed by atoms with Gasteiger partial charge in [-0.25, -0.2) is 14.4 Å². The second-order valence-corrected chi connectivity index (χ2v) is 8.50. The highest BCUT2D eigenvalue weighted by Crippen LogP contribution is 2.32. The molecule has 1 aliphatic rings. The van der Waals surface area contributed by atoms with E-state index in [1.165, 1.54) is 16.7 Å². The van der Waals surface area contributed by atoms with Crippen molar-refractivity contribution in [3.8, 4) is 5.75 Å². The fourth-order valence-electron chi connectivity index (χ4n) is 4.00. The van der Waals surface area contributed by atoms with Crippen LogP contribution in [-0.2, 0) is 25.0 Å². The standard InChI is InChI=1S/C23H25FN4O4/c1-14-13-32-18(25-14)12-27-10-11-28-21(31)20(30)19(26-22(28)23(27,2)3)17(29)9-6-15-4-7-16(24)8-5-15/h4-5,7-8,13,30H,6,9-12H2,1-3H3. The fourth-order valence-corrected chi connectivity index (χ4v) is 4.00. The number of rotatable bonds is 6. The molecule has 0 unspecified atom stereocenters. The van der Waals surface area contributed by atoms with E-state index in [0.29, 0.717) is 37.8 Å². The Balaban J connectivity index is 1.61. The summed E-state index contributed by atoms with van der Waals surface area (Å²) in [6.45, 7) is 6.93. The van der Waals surface area contributed by atoms with Crippen molar-refractivity contribution in [2.24, 2.45) is 0 Å². The molecule has 0 saturated heterocycles. The molecule has 0 bridgehead atoms. The molecular weight excluding hydrogens is 415 g/mol. The number of aromatic nitrogens is 3. The third-order valence-corrected chi connectivity index (χ3v) is 5.89. The number of aromatic hydroxyl groups is 1. The monoisotopic (exact) mass is 440 g/mol. The third-order valence-electron chi connectivity index (χ3n) is 5.89. The second kappa shape index (κ2) is 8.31. The fraction of sp³-hybridized carbons (Fsp3) is 0.391. The van der Waals surface area contributed by atoms with Gasteiger partial charge in [-0.1, -0.05) is 12.1 Å². The maximum Gasteiger partial charge on any atom is 0.296 e. The molecule has 0 fully saturated rings. The summed E-state index contributed by atoms with van der Waals surface area (Å²) in [7, 11) is 0. The van der Waals surface area contributed by atoms with Crippen LogP contribution in [0.2, 0.25) is 0 Å². The first-order valence-electron chi connectivity index (χ1n) is 10.4. The van der Waals surface area contributed by atoms with Crippen LogP contribution >= 0.6 is 0 Å². The Morgan fingerprint density at radius 1 is 1.22 bits per heavy atom. The lowest BCUT2D eigenvalue weighted by Crippen LogP contribution is -2.52. The highest BCUT2D eigenvalue weighted by Gasteiger charge is 2.39. The molecule has 1 aliphatic heterocycles. The van der Waals surface area contributed by atoms with Gasteiger partial charge in [-0.3, -0.25) is 19.1 Å². The zero-order valence-electron chi connectivity index (χ0n) is 18.3. The molecule has 0 atom stereocenters. The molecule has 1 N–H and O–H groups in total. The number of fused-ring (bicyclic) bond motifs is 1. The van der Waals surface area contributed by atoms with Crippen LogP contribution in [0.15, 0.2) is 39.7 Å². The molecule has 2 aromatic heterocycles. The Hall–Kier alpha value is -3.33. The van der Waals surface area contributed by atoms with Gasteiger partial charge in [0, 0.05) is 19.5 Å². The molecule has 0 saturated carbocycles. The largest absolute Gasteiger partial charge is 0.501 e. The van der Waals surface area contributed by atoms with Crippen LogP contribution < -0.4 is 5.56 Å².